The Kier molecular flexibility index (Phi) is 5.78. The molecule has 1 aromatic carbocycles. The number of hydrogen-bond acceptors (Lipinski definition) is 2. The molecule has 0 fully saturated rings. The molecule has 1 amide bonds. The number of carboxylic acids is 1. The Morgan fingerprint density at radius 1 is 1.33 bits per heavy atom. The Balaban J connectivity index is 2.89. The third-order valence-corrected chi connectivity index (χ3v) is 4.18. The van der Waals surface area contributed by atoms with Crippen LogP contribution < -0.4 is 5.32 Å². The maximum atomic E-state index is 12.4. The minimum atomic E-state index is -0.929. The summed E-state index contributed by atoms with van der Waals surface area (Å²) in [5.74, 6) is -1.52. The van der Waals surface area contributed by atoms with Crippen LogP contribution in [-0.4, -0.2) is 22.5 Å². The molecule has 4 nitrogen and oxygen atoms in total. The van der Waals surface area contributed by atoms with Crippen LogP contribution in [-0.2, 0) is 9.59 Å². The molecule has 2 unspecified atom stereocenters. The molecule has 0 saturated heterocycles. The molecule has 1 aromatic rings. The fourth-order valence-corrected chi connectivity index (χ4v) is 2.22. The van der Waals surface area contributed by atoms with Crippen LogP contribution in [0.15, 0.2) is 24.3 Å². The van der Waals surface area contributed by atoms with E-state index in [9.17, 15) is 9.59 Å². The summed E-state index contributed by atoms with van der Waals surface area (Å²) in [6, 6.07) is 7.12. The number of carbonyl (C=O) groups excluding carboxylic acids is 1. The molecular weight excluding hydrogens is 290 g/mol. The first kappa shape index (κ1) is 17.5. The molecule has 0 aliphatic carbocycles. The maximum Gasteiger partial charge on any atom is 0.305 e. The second kappa shape index (κ2) is 6.94. The standard InChI is InChI=1S/C16H22ClNO3/c1-10(2)16(4,9-14(19)20)18-15(21)11(3)12-6-5-7-13(17)8-12/h5-8,10-11H,9H2,1-4H3,(H,18,21)(H,19,20). The van der Waals surface area contributed by atoms with Crippen molar-refractivity contribution in [2.75, 3.05) is 0 Å². The van der Waals surface area contributed by atoms with Gasteiger partial charge >= 0.3 is 5.97 Å². The summed E-state index contributed by atoms with van der Waals surface area (Å²) in [5.41, 5.74) is 0.0249. The number of rotatable bonds is 6. The first-order chi connectivity index (χ1) is 9.65. The summed E-state index contributed by atoms with van der Waals surface area (Å²) in [6.45, 7) is 7.33. The Morgan fingerprint density at radius 2 is 1.95 bits per heavy atom. The van der Waals surface area contributed by atoms with Crippen LogP contribution in [0, 0.1) is 5.92 Å². The van der Waals surface area contributed by atoms with E-state index in [1.54, 1.807) is 32.0 Å². The van der Waals surface area contributed by atoms with Gasteiger partial charge in [-0.2, -0.15) is 0 Å². The Morgan fingerprint density at radius 3 is 2.43 bits per heavy atom. The van der Waals surface area contributed by atoms with Gasteiger partial charge in [0.2, 0.25) is 5.91 Å². The summed E-state index contributed by atoms with van der Waals surface area (Å²) in [6.07, 6.45) is -0.112. The van der Waals surface area contributed by atoms with Gasteiger partial charge in [-0.1, -0.05) is 37.6 Å². The second-order valence-electron chi connectivity index (χ2n) is 5.91. The van der Waals surface area contributed by atoms with Gasteiger partial charge in [0.25, 0.3) is 0 Å². The quantitative estimate of drug-likeness (QED) is 0.845. The van der Waals surface area contributed by atoms with E-state index in [1.165, 1.54) is 0 Å². The van der Waals surface area contributed by atoms with Crippen molar-refractivity contribution in [1.82, 2.24) is 5.32 Å². The number of nitrogens with one attached hydrogen (secondary N) is 1. The molecule has 0 aliphatic heterocycles. The lowest BCUT2D eigenvalue weighted by Gasteiger charge is -2.34. The van der Waals surface area contributed by atoms with Crippen LogP contribution in [0.4, 0.5) is 0 Å². The highest BCUT2D eigenvalue weighted by molar-refractivity contribution is 6.30. The second-order valence-corrected chi connectivity index (χ2v) is 6.35. The Labute approximate surface area is 130 Å². The minimum Gasteiger partial charge on any atom is -0.481 e. The predicted octanol–water partition coefficient (Wildman–Crippen LogP) is 3.45. The van der Waals surface area contributed by atoms with Gasteiger partial charge in [0.15, 0.2) is 0 Å². The monoisotopic (exact) mass is 311 g/mol. The normalized spacial score (nSPS) is 15.3. The first-order valence-corrected chi connectivity index (χ1v) is 7.33. The van der Waals surface area contributed by atoms with Crippen molar-refractivity contribution in [3.63, 3.8) is 0 Å². The lowest BCUT2D eigenvalue weighted by molar-refractivity contribution is -0.139. The molecule has 0 heterocycles. The van der Waals surface area contributed by atoms with Gasteiger partial charge in [-0.15, -0.1) is 0 Å². The van der Waals surface area contributed by atoms with Gasteiger partial charge in [-0.3, -0.25) is 9.59 Å². The summed E-state index contributed by atoms with van der Waals surface area (Å²) >= 11 is 5.94. The van der Waals surface area contributed by atoms with E-state index in [0.29, 0.717) is 5.02 Å². The molecule has 1 rings (SSSR count). The molecule has 116 valence electrons. The molecule has 2 N–H and O–H groups in total. The zero-order chi connectivity index (χ0) is 16.2. The molecule has 0 saturated carbocycles. The van der Waals surface area contributed by atoms with E-state index >= 15 is 0 Å². The number of halogens is 1. The van der Waals surface area contributed by atoms with Crippen LogP contribution in [0.2, 0.25) is 5.02 Å². The Bertz CT molecular complexity index is 530. The van der Waals surface area contributed by atoms with Crippen molar-refractivity contribution in [2.24, 2.45) is 5.92 Å². The average molecular weight is 312 g/mol. The lowest BCUT2D eigenvalue weighted by Crippen LogP contribution is -2.52. The predicted molar refractivity (Wildman–Crippen MR) is 83.5 cm³/mol. The zero-order valence-electron chi connectivity index (χ0n) is 12.8. The highest BCUT2D eigenvalue weighted by Crippen LogP contribution is 2.24. The molecular formula is C16H22ClNO3. The van der Waals surface area contributed by atoms with E-state index in [4.69, 9.17) is 16.7 Å². The van der Waals surface area contributed by atoms with Gasteiger partial charge in [0, 0.05) is 10.6 Å². The van der Waals surface area contributed by atoms with Gasteiger partial charge in [0.05, 0.1) is 12.3 Å². The van der Waals surface area contributed by atoms with Gasteiger partial charge in [0.1, 0.15) is 0 Å². The third-order valence-electron chi connectivity index (χ3n) is 3.94. The number of carboxylic acid groups (broad SMARTS) is 1. The highest BCUT2D eigenvalue weighted by Gasteiger charge is 2.34. The molecule has 0 aliphatic rings. The largest absolute Gasteiger partial charge is 0.481 e. The van der Waals surface area contributed by atoms with Crippen molar-refractivity contribution in [1.29, 1.82) is 0 Å². The molecule has 0 spiro atoms. The van der Waals surface area contributed by atoms with Crippen LogP contribution in [0.5, 0.6) is 0 Å². The summed E-state index contributed by atoms with van der Waals surface area (Å²) in [7, 11) is 0. The van der Waals surface area contributed by atoms with E-state index < -0.39 is 17.4 Å². The van der Waals surface area contributed by atoms with Crippen LogP contribution >= 0.6 is 11.6 Å². The average Bonchev–Trinajstić information content (AvgIpc) is 2.36. The lowest BCUT2D eigenvalue weighted by atomic mass is 9.84. The zero-order valence-corrected chi connectivity index (χ0v) is 13.6. The Hall–Kier alpha value is -1.55. The van der Waals surface area contributed by atoms with Crippen LogP contribution in [0.25, 0.3) is 0 Å². The number of carbonyl (C=O) groups is 2. The maximum absolute atomic E-state index is 12.4. The van der Waals surface area contributed by atoms with Gasteiger partial charge < -0.3 is 10.4 Å². The molecule has 21 heavy (non-hydrogen) atoms. The molecule has 0 aromatic heterocycles. The highest BCUT2D eigenvalue weighted by atomic mass is 35.5. The van der Waals surface area contributed by atoms with Crippen molar-refractivity contribution < 1.29 is 14.7 Å². The van der Waals surface area contributed by atoms with Gasteiger partial charge in [-0.05, 0) is 37.5 Å². The van der Waals surface area contributed by atoms with Crippen molar-refractivity contribution in [3.05, 3.63) is 34.9 Å². The molecule has 0 radical (unpaired) electrons. The minimum absolute atomic E-state index is 0.00381. The molecule has 0 bridgehead atoms. The third kappa shape index (κ3) is 4.74. The van der Waals surface area contributed by atoms with E-state index in [1.807, 2.05) is 19.9 Å². The summed E-state index contributed by atoms with van der Waals surface area (Å²) < 4.78 is 0. The SMILES string of the molecule is CC(C(=O)NC(C)(CC(=O)O)C(C)C)c1cccc(Cl)c1. The fourth-order valence-electron chi connectivity index (χ4n) is 2.02. The van der Waals surface area contributed by atoms with Crippen LogP contribution in [0.3, 0.4) is 0 Å². The van der Waals surface area contributed by atoms with Crippen molar-refractivity contribution in [3.8, 4) is 0 Å². The van der Waals surface area contributed by atoms with E-state index in [-0.39, 0.29) is 18.2 Å². The van der Waals surface area contributed by atoms with Crippen LogP contribution in [0.1, 0.15) is 45.6 Å². The molecule has 2 atom stereocenters. The summed E-state index contributed by atoms with van der Waals surface area (Å²) in [4.78, 5) is 23.4. The number of hydrogen-bond donors (Lipinski definition) is 2. The first-order valence-electron chi connectivity index (χ1n) is 6.95. The summed E-state index contributed by atoms with van der Waals surface area (Å²) in [5, 5.41) is 12.5. The van der Waals surface area contributed by atoms with Crippen molar-refractivity contribution in [2.45, 2.75) is 45.6 Å². The number of aliphatic carboxylic acids is 1. The smallest absolute Gasteiger partial charge is 0.305 e. The number of amides is 1. The number of benzene rings is 1. The van der Waals surface area contributed by atoms with E-state index in [0.717, 1.165) is 5.56 Å². The topological polar surface area (TPSA) is 66.4 Å². The van der Waals surface area contributed by atoms with Crippen molar-refractivity contribution >= 4 is 23.5 Å². The fraction of sp³-hybridized carbons (Fsp3) is 0.500. The van der Waals surface area contributed by atoms with Gasteiger partial charge in [-0.25, -0.2) is 0 Å². The van der Waals surface area contributed by atoms with E-state index in [2.05, 4.69) is 5.32 Å². The molecule has 5 heteroatoms.